The van der Waals surface area contributed by atoms with Crippen LogP contribution in [0.3, 0.4) is 0 Å². The average molecular weight is 208 g/mol. The van der Waals surface area contributed by atoms with E-state index in [9.17, 15) is 9.59 Å². The van der Waals surface area contributed by atoms with Crippen LogP contribution < -0.4 is 0 Å². The van der Waals surface area contributed by atoms with Crippen molar-refractivity contribution in [3.05, 3.63) is 22.7 Å². The Morgan fingerprint density at radius 2 is 1.80 bits per heavy atom. The minimum Gasteiger partial charge on any atom is -0.423 e. The van der Waals surface area contributed by atoms with E-state index in [1.807, 2.05) is 0 Å². The van der Waals surface area contributed by atoms with E-state index in [4.69, 9.17) is 10.0 Å². The van der Waals surface area contributed by atoms with Gasteiger partial charge in [0.25, 0.3) is 0 Å². The highest BCUT2D eigenvalue weighted by Gasteiger charge is 2.33. The summed E-state index contributed by atoms with van der Waals surface area (Å²) in [6.07, 6.45) is 1.27. The second-order valence-electron chi connectivity index (χ2n) is 3.86. The Hall–Kier alpha value is -1.20. The molecular formula is C10H13BO4. The molecule has 15 heavy (non-hydrogen) atoms. The highest BCUT2D eigenvalue weighted by molar-refractivity contribution is 6.62. The van der Waals surface area contributed by atoms with E-state index < -0.39 is 12.9 Å². The van der Waals surface area contributed by atoms with Crippen LogP contribution in [0.15, 0.2) is 22.7 Å². The molecule has 0 saturated carbocycles. The molecule has 0 heterocycles. The fourth-order valence-electron chi connectivity index (χ4n) is 1.51. The van der Waals surface area contributed by atoms with Gasteiger partial charge in [-0.25, -0.2) is 0 Å². The van der Waals surface area contributed by atoms with E-state index in [0.29, 0.717) is 5.57 Å². The minimum atomic E-state index is -1.89. The molecule has 0 bridgehead atoms. The Morgan fingerprint density at radius 1 is 1.27 bits per heavy atom. The smallest absolute Gasteiger partial charge is 0.423 e. The van der Waals surface area contributed by atoms with Crippen LogP contribution in [-0.2, 0) is 9.59 Å². The van der Waals surface area contributed by atoms with E-state index in [0.717, 1.165) is 0 Å². The molecule has 4 nitrogen and oxygen atoms in total. The van der Waals surface area contributed by atoms with Gasteiger partial charge in [-0.2, -0.15) is 0 Å². The summed E-state index contributed by atoms with van der Waals surface area (Å²) in [5.41, 5.74) is 0.235. The lowest BCUT2D eigenvalue weighted by molar-refractivity contribution is -0.115. The van der Waals surface area contributed by atoms with Crippen molar-refractivity contribution in [1.82, 2.24) is 0 Å². The Bertz CT molecular complexity index is 377. The van der Waals surface area contributed by atoms with Crippen LogP contribution in [0, 0.1) is 5.92 Å². The van der Waals surface area contributed by atoms with Crippen molar-refractivity contribution < 1.29 is 19.6 Å². The summed E-state index contributed by atoms with van der Waals surface area (Å²) in [6.45, 7) is 4.97. The summed E-state index contributed by atoms with van der Waals surface area (Å²) < 4.78 is 0. The molecule has 0 aromatic rings. The second kappa shape index (κ2) is 4.12. The number of hydrogen-bond acceptors (Lipinski definition) is 4. The van der Waals surface area contributed by atoms with Gasteiger partial charge in [0.15, 0.2) is 11.6 Å². The number of Topliss-reactive ketones (excluding diaryl/α,β-unsaturated/α-hetero) is 1. The predicted molar refractivity (Wildman–Crippen MR) is 55.8 cm³/mol. The monoisotopic (exact) mass is 208 g/mol. The number of allylic oxidation sites excluding steroid dienone is 4. The third-order valence-electron chi connectivity index (χ3n) is 2.45. The van der Waals surface area contributed by atoms with Crippen molar-refractivity contribution in [2.24, 2.45) is 5.92 Å². The fraction of sp³-hybridized carbons (Fsp3) is 0.400. The van der Waals surface area contributed by atoms with Gasteiger partial charge in [0, 0.05) is 16.6 Å². The predicted octanol–water partition coefficient (Wildman–Crippen LogP) is 0.0491. The van der Waals surface area contributed by atoms with E-state index in [2.05, 4.69) is 0 Å². The lowest BCUT2D eigenvalue weighted by Crippen LogP contribution is -2.31. The number of hydrogen-bond donors (Lipinski definition) is 2. The van der Waals surface area contributed by atoms with Crippen LogP contribution >= 0.6 is 0 Å². The molecule has 0 aromatic heterocycles. The Morgan fingerprint density at radius 3 is 2.20 bits per heavy atom. The van der Waals surface area contributed by atoms with Gasteiger partial charge in [0.05, 0.1) is 0 Å². The standard InChI is InChI=1S/C10H13BO4/c1-5(2)7-4-8(12)6(3)9(10(7)13)11(14)15/h4-5,14-15H,1-3H3. The SMILES string of the molecule is CC1=C(B(O)O)C(=O)C(C(C)C)=CC1=O. The zero-order chi connectivity index (χ0) is 11.7. The molecular weight excluding hydrogens is 195 g/mol. The third-order valence-corrected chi connectivity index (χ3v) is 2.45. The van der Waals surface area contributed by atoms with E-state index >= 15 is 0 Å². The first kappa shape index (κ1) is 11.9. The van der Waals surface area contributed by atoms with Crippen molar-refractivity contribution in [2.75, 3.05) is 0 Å². The molecule has 0 radical (unpaired) electrons. The first-order valence-corrected chi connectivity index (χ1v) is 4.73. The van der Waals surface area contributed by atoms with Crippen molar-refractivity contribution in [1.29, 1.82) is 0 Å². The number of rotatable bonds is 2. The van der Waals surface area contributed by atoms with E-state index in [-0.39, 0.29) is 22.7 Å². The Kier molecular flexibility index (Phi) is 3.26. The van der Waals surface area contributed by atoms with Gasteiger partial charge in [0.2, 0.25) is 0 Å². The van der Waals surface area contributed by atoms with Crippen LogP contribution in [0.2, 0.25) is 0 Å². The fourth-order valence-corrected chi connectivity index (χ4v) is 1.51. The van der Waals surface area contributed by atoms with Gasteiger partial charge in [-0.3, -0.25) is 9.59 Å². The van der Waals surface area contributed by atoms with Crippen LogP contribution in [0.1, 0.15) is 20.8 Å². The zero-order valence-electron chi connectivity index (χ0n) is 8.94. The topological polar surface area (TPSA) is 74.6 Å². The summed E-state index contributed by atoms with van der Waals surface area (Å²) in [7, 11) is -1.89. The van der Waals surface area contributed by atoms with E-state index in [1.54, 1.807) is 13.8 Å². The van der Waals surface area contributed by atoms with Crippen LogP contribution in [0.5, 0.6) is 0 Å². The molecule has 0 atom stereocenters. The lowest BCUT2D eigenvalue weighted by atomic mass is 9.68. The molecule has 0 fully saturated rings. The summed E-state index contributed by atoms with van der Waals surface area (Å²) in [5.74, 6) is -0.887. The van der Waals surface area contributed by atoms with Crippen LogP contribution in [-0.4, -0.2) is 28.7 Å². The molecule has 5 heteroatoms. The molecule has 0 amide bonds. The molecule has 0 aromatic carbocycles. The van der Waals surface area contributed by atoms with Gasteiger partial charge < -0.3 is 10.0 Å². The van der Waals surface area contributed by atoms with Crippen molar-refractivity contribution in [3.8, 4) is 0 Å². The van der Waals surface area contributed by atoms with Gasteiger partial charge in [0.1, 0.15) is 0 Å². The number of carbonyl (C=O) groups excluding carboxylic acids is 2. The zero-order valence-corrected chi connectivity index (χ0v) is 8.94. The molecule has 0 saturated heterocycles. The maximum absolute atomic E-state index is 11.8. The summed E-state index contributed by atoms with van der Waals surface area (Å²) in [5, 5.41) is 18.1. The molecule has 0 spiro atoms. The van der Waals surface area contributed by atoms with Crippen molar-refractivity contribution >= 4 is 18.7 Å². The van der Waals surface area contributed by atoms with Crippen LogP contribution in [0.4, 0.5) is 0 Å². The quantitative estimate of drug-likeness (QED) is 0.496. The summed E-state index contributed by atoms with van der Waals surface area (Å²) in [4.78, 5) is 23.2. The summed E-state index contributed by atoms with van der Waals surface area (Å²) >= 11 is 0. The molecule has 2 N–H and O–H groups in total. The first-order chi connectivity index (χ1) is 6.86. The lowest BCUT2D eigenvalue weighted by Gasteiger charge is -2.18. The van der Waals surface area contributed by atoms with Crippen molar-refractivity contribution in [3.63, 3.8) is 0 Å². The number of carbonyl (C=O) groups is 2. The maximum Gasteiger partial charge on any atom is 0.492 e. The highest BCUT2D eigenvalue weighted by Crippen LogP contribution is 2.24. The van der Waals surface area contributed by atoms with Crippen molar-refractivity contribution in [2.45, 2.75) is 20.8 Å². The molecule has 80 valence electrons. The Labute approximate surface area is 88.4 Å². The number of ketones is 2. The van der Waals surface area contributed by atoms with Gasteiger partial charge in [-0.15, -0.1) is 0 Å². The van der Waals surface area contributed by atoms with E-state index in [1.165, 1.54) is 13.0 Å². The minimum absolute atomic E-state index is 0.108. The Balaban J connectivity index is 3.23. The molecule has 1 aliphatic carbocycles. The second-order valence-corrected chi connectivity index (χ2v) is 3.86. The summed E-state index contributed by atoms with van der Waals surface area (Å²) in [6, 6.07) is 0. The third kappa shape index (κ3) is 2.08. The maximum atomic E-state index is 11.8. The average Bonchev–Trinajstić information content (AvgIpc) is 2.10. The van der Waals surface area contributed by atoms with Gasteiger partial charge in [-0.1, -0.05) is 13.8 Å². The molecule has 1 rings (SSSR count). The van der Waals surface area contributed by atoms with Crippen LogP contribution in [0.25, 0.3) is 0 Å². The normalized spacial score (nSPS) is 17.3. The van der Waals surface area contributed by atoms with Gasteiger partial charge in [-0.05, 0) is 18.9 Å². The molecule has 0 unspecified atom stereocenters. The van der Waals surface area contributed by atoms with Gasteiger partial charge >= 0.3 is 7.12 Å². The molecule has 1 aliphatic rings. The first-order valence-electron chi connectivity index (χ1n) is 4.73. The highest BCUT2D eigenvalue weighted by atomic mass is 16.4. The largest absolute Gasteiger partial charge is 0.492 e. The molecule has 0 aliphatic heterocycles.